The van der Waals surface area contributed by atoms with Crippen LogP contribution in [-0.2, 0) is 23.9 Å². The Balaban J connectivity index is 1.66. The van der Waals surface area contributed by atoms with Crippen LogP contribution in [0.1, 0.15) is 43.5 Å². The Hall–Kier alpha value is -3.29. The number of benzene rings is 2. The van der Waals surface area contributed by atoms with Gasteiger partial charge in [0.2, 0.25) is 5.91 Å². The fraction of sp³-hybridized carbons (Fsp3) is 0.484. The van der Waals surface area contributed by atoms with Gasteiger partial charge in [-0.1, -0.05) is 49.4 Å². The Morgan fingerprint density at radius 3 is 2.40 bits per heavy atom. The molecule has 234 valence electrons. The SMILES string of the molecule is CC(=O)N[C@H]1C([C@H](O)[C@H](O)CNC(=O)c2ccc(-c3ccccc3)cc2)O[C@@](OCCCSCCC=O)(C(=O)O)C[C@@H]1C. The summed E-state index contributed by atoms with van der Waals surface area (Å²) >= 11 is 1.54. The van der Waals surface area contributed by atoms with Gasteiger partial charge in [-0.05, 0) is 47.1 Å². The van der Waals surface area contributed by atoms with Crippen LogP contribution < -0.4 is 10.6 Å². The van der Waals surface area contributed by atoms with E-state index in [2.05, 4.69) is 10.6 Å². The molecule has 1 unspecified atom stereocenters. The molecule has 1 aliphatic heterocycles. The van der Waals surface area contributed by atoms with Crippen molar-refractivity contribution in [2.45, 2.75) is 63.3 Å². The van der Waals surface area contributed by atoms with E-state index in [1.807, 2.05) is 30.3 Å². The smallest absolute Gasteiger partial charge is 0.364 e. The lowest BCUT2D eigenvalue weighted by Gasteiger charge is -2.47. The van der Waals surface area contributed by atoms with Crippen molar-refractivity contribution >= 4 is 35.8 Å². The van der Waals surface area contributed by atoms with Crippen molar-refractivity contribution in [1.82, 2.24) is 10.6 Å². The van der Waals surface area contributed by atoms with E-state index >= 15 is 0 Å². The van der Waals surface area contributed by atoms with Gasteiger partial charge in [0.15, 0.2) is 0 Å². The molecule has 1 saturated heterocycles. The highest BCUT2D eigenvalue weighted by molar-refractivity contribution is 7.99. The number of carboxylic acid groups (broad SMARTS) is 1. The largest absolute Gasteiger partial charge is 0.477 e. The summed E-state index contributed by atoms with van der Waals surface area (Å²) in [5.74, 6) is -3.62. The number of amides is 2. The summed E-state index contributed by atoms with van der Waals surface area (Å²) in [4.78, 5) is 47.6. The molecule has 0 bridgehead atoms. The maximum absolute atomic E-state index is 12.8. The Labute approximate surface area is 255 Å². The number of aliphatic carboxylic acids is 1. The standard InChI is InChI=1S/C31H40N2O9S/c1-20-18-31(30(39)40,41-15-7-17-43-16-6-14-34)42-28(26(20)33-21(2)35)27(37)25(36)19-32-29(38)24-12-10-23(11-13-24)22-8-4-3-5-9-22/h3-5,8-14,20,25-28,36-37H,6-7,15-19H2,1-2H3,(H,32,38)(H,33,35)(H,39,40)/t20-,25+,26+,27+,28?,31+/m0/s1. The minimum absolute atomic E-state index is 0.0440. The van der Waals surface area contributed by atoms with Crippen LogP contribution in [0.5, 0.6) is 0 Å². The quantitative estimate of drug-likeness (QED) is 0.139. The molecule has 0 aliphatic carbocycles. The molecule has 0 aromatic heterocycles. The monoisotopic (exact) mass is 616 g/mol. The maximum atomic E-state index is 12.8. The lowest BCUT2D eigenvalue weighted by Crippen LogP contribution is -2.66. The molecule has 3 rings (SSSR count). The fourth-order valence-electron chi connectivity index (χ4n) is 4.96. The average Bonchev–Trinajstić information content (AvgIpc) is 3.00. The summed E-state index contributed by atoms with van der Waals surface area (Å²) in [5, 5.41) is 37.4. The van der Waals surface area contributed by atoms with Gasteiger partial charge in [-0.15, -0.1) is 0 Å². The van der Waals surface area contributed by atoms with E-state index in [1.54, 1.807) is 31.2 Å². The summed E-state index contributed by atoms with van der Waals surface area (Å²) in [6.45, 7) is 2.67. The number of rotatable bonds is 16. The third kappa shape index (κ3) is 9.60. The first-order valence-electron chi connectivity index (χ1n) is 14.2. The first kappa shape index (κ1) is 34.2. The van der Waals surface area contributed by atoms with Gasteiger partial charge in [-0.2, -0.15) is 11.8 Å². The van der Waals surface area contributed by atoms with Crippen LogP contribution in [0.15, 0.2) is 54.6 Å². The van der Waals surface area contributed by atoms with E-state index in [-0.39, 0.29) is 19.6 Å². The van der Waals surface area contributed by atoms with Crippen LogP contribution in [-0.4, -0.2) is 94.2 Å². The number of nitrogens with one attached hydrogen (secondary N) is 2. The Kier molecular flexibility index (Phi) is 13.1. The number of hydrogen-bond donors (Lipinski definition) is 5. The summed E-state index contributed by atoms with van der Waals surface area (Å²) in [7, 11) is 0. The predicted molar refractivity (Wildman–Crippen MR) is 161 cm³/mol. The lowest BCUT2D eigenvalue weighted by atomic mass is 9.83. The lowest BCUT2D eigenvalue weighted by molar-refractivity contribution is -0.304. The second kappa shape index (κ2) is 16.5. The molecule has 0 radical (unpaired) electrons. The third-order valence-corrected chi connectivity index (χ3v) is 8.29. The van der Waals surface area contributed by atoms with Crippen LogP contribution in [0.2, 0.25) is 0 Å². The Bertz CT molecular complexity index is 1210. The summed E-state index contributed by atoms with van der Waals surface area (Å²) in [6.07, 6.45) is -2.94. The third-order valence-electron chi connectivity index (χ3n) is 7.18. The van der Waals surface area contributed by atoms with E-state index in [1.165, 1.54) is 18.7 Å². The Morgan fingerprint density at radius 2 is 1.77 bits per heavy atom. The number of hydrogen-bond acceptors (Lipinski definition) is 9. The molecule has 0 saturated carbocycles. The first-order chi connectivity index (χ1) is 20.6. The van der Waals surface area contributed by atoms with Gasteiger partial charge in [0.05, 0.1) is 18.8 Å². The predicted octanol–water partition coefficient (Wildman–Crippen LogP) is 2.24. The number of thioether (sulfide) groups is 1. The van der Waals surface area contributed by atoms with Crippen molar-refractivity contribution in [3.63, 3.8) is 0 Å². The molecule has 1 heterocycles. The molecule has 43 heavy (non-hydrogen) atoms. The van der Waals surface area contributed by atoms with Gasteiger partial charge in [0.1, 0.15) is 18.5 Å². The van der Waals surface area contributed by atoms with Gasteiger partial charge in [-0.25, -0.2) is 4.79 Å². The molecule has 2 amide bonds. The minimum Gasteiger partial charge on any atom is -0.477 e. The van der Waals surface area contributed by atoms with Crippen LogP contribution in [0.25, 0.3) is 11.1 Å². The highest BCUT2D eigenvalue weighted by Crippen LogP contribution is 2.36. The molecule has 1 fully saturated rings. The molecule has 11 nitrogen and oxygen atoms in total. The van der Waals surface area contributed by atoms with Crippen molar-refractivity contribution in [2.24, 2.45) is 5.92 Å². The van der Waals surface area contributed by atoms with Crippen LogP contribution in [0, 0.1) is 5.92 Å². The number of aliphatic hydroxyl groups excluding tert-OH is 2. The summed E-state index contributed by atoms with van der Waals surface area (Å²) in [5.41, 5.74) is 2.28. The van der Waals surface area contributed by atoms with E-state index in [0.717, 1.165) is 17.4 Å². The number of aliphatic hydroxyl groups is 2. The van der Waals surface area contributed by atoms with E-state index in [0.29, 0.717) is 29.9 Å². The number of carbonyl (C=O) groups excluding carboxylic acids is 3. The summed E-state index contributed by atoms with van der Waals surface area (Å²) < 4.78 is 11.6. The molecule has 2 aromatic carbocycles. The van der Waals surface area contributed by atoms with E-state index < -0.39 is 53.8 Å². The van der Waals surface area contributed by atoms with E-state index in [4.69, 9.17) is 9.47 Å². The number of ether oxygens (including phenoxy) is 2. The zero-order valence-electron chi connectivity index (χ0n) is 24.3. The molecule has 0 spiro atoms. The topological polar surface area (TPSA) is 171 Å². The molecule has 6 atom stereocenters. The minimum atomic E-state index is -2.11. The summed E-state index contributed by atoms with van der Waals surface area (Å²) in [6, 6.07) is 15.7. The van der Waals surface area contributed by atoms with Crippen molar-refractivity contribution in [1.29, 1.82) is 0 Å². The molecule has 12 heteroatoms. The average molecular weight is 617 g/mol. The van der Waals surface area contributed by atoms with Gasteiger partial charge in [0.25, 0.3) is 11.7 Å². The second-order valence-corrected chi connectivity index (χ2v) is 11.8. The maximum Gasteiger partial charge on any atom is 0.364 e. The van der Waals surface area contributed by atoms with Crippen molar-refractivity contribution < 1.29 is 44.0 Å². The van der Waals surface area contributed by atoms with Crippen molar-refractivity contribution in [3.05, 3.63) is 60.2 Å². The van der Waals surface area contributed by atoms with Gasteiger partial charge < -0.3 is 40.2 Å². The van der Waals surface area contributed by atoms with Gasteiger partial charge in [0, 0.05) is 31.9 Å². The van der Waals surface area contributed by atoms with Crippen LogP contribution in [0.3, 0.4) is 0 Å². The molecule has 1 aliphatic rings. The van der Waals surface area contributed by atoms with Crippen LogP contribution in [0.4, 0.5) is 0 Å². The molecular formula is C31H40N2O9S. The number of aldehydes is 1. The highest BCUT2D eigenvalue weighted by atomic mass is 32.2. The molecule has 5 N–H and O–H groups in total. The zero-order valence-corrected chi connectivity index (χ0v) is 25.1. The molecular weight excluding hydrogens is 576 g/mol. The van der Waals surface area contributed by atoms with Crippen molar-refractivity contribution in [3.8, 4) is 11.1 Å². The molecule has 2 aromatic rings. The fourth-order valence-corrected chi connectivity index (χ4v) is 5.75. The van der Waals surface area contributed by atoms with Crippen molar-refractivity contribution in [2.75, 3.05) is 24.7 Å². The highest BCUT2D eigenvalue weighted by Gasteiger charge is 2.54. The van der Waals surface area contributed by atoms with Gasteiger partial charge in [-0.3, -0.25) is 9.59 Å². The Morgan fingerprint density at radius 1 is 1.09 bits per heavy atom. The number of carbonyl (C=O) groups is 4. The van der Waals surface area contributed by atoms with Gasteiger partial charge >= 0.3 is 5.97 Å². The van der Waals surface area contributed by atoms with E-state index in [9.17, 15) is 34.5 Å². The first-order valence-corrected chi connectivity index (χ1v) is 15.4. The zero-order chi connectivity index (χ0) is 31.4. The van der Waals surface area contributed by atoms with Crippen LogP contribution >= 0.6 is 11.8 Å². The second-order valence-electron chi connectivity index (χ2n) is 10.5. The number of carboxylic acids is 1. The normalized spacial score (nSPS) is 23.1.